The van der Waals surface area contributed by atoms with Gasteiger partial charge in [-0.3, -0.25) is 14.4 Å². The summed E-state index contributed by atoms with van der Waals surface area (Å²) in [7, 11) is 0. The summed E-state index contributed by atoms with van der Waals surface area (Å²) < 4.78 is 5.12. The van der Waals surface area contributed by atoms with E-state index in [9.17, 15) is 24.6 Å². The Bertz CT molecular complexity index is 1240. The molecule has 0 unspecified atom stereocenters. The third kappa shape index (κ3) is 4.55. The molecule has 0 saturated carbocycles. The highest BCUT2D eigenvalue weighted by Crippen LogP contribution is 2.36. The van der Waals surface area contributed by atoms with E-state index in [2.05, 4.69) is 0 Å². The Morgan fingerprint density at radius 3 is 2.39 bits per heavy atom. The third-order valence-corrected chi connectivity index (χ3v) is 8.37. The number of likely N-dealkylation sites (tertiary alicyclic amines) is 1. The summed E-state index contributed by atoms with van der Waals surface area (Å²) in [5, 5.41) is 21.0. The van der Waals surface area contributed by atoms with Gasteiger partial charge in [0.1, 0.15) is 17.2 Å². The number of Topliss-reactive ketones (excluding diaryl/α,β-unsaturated/α-hetero) is 1. The maximum atomic E-state index is 14.0. The first-order chi connectivity index (χ1) is 18.0. The monoisotopic (exact) mass is 520 g/mol. The number of ketones is 1. The summed E-state index contributed by atoms with van der Waals surface area (Å²) in [5.41, 5.74) is 1.14. The molecule has 8 nitrogen and oxygen atoms in total. The molecule has 3 aliphatic rings. The van der Waals surface area contributed by atoms with Crippen molar-refractivity contribution in [3.8, 4) is 0 Å². The normalized spacial score (nSPS) is 24.9. The quantitative estimate of drug-likeness (QED) is 0.554. The fourth-order valence-corrected chi connectivity index (χ4v) is 6.05. The zero-order chi connectivity index (χ0) is 27.2. The van der Waals surface area contributed by atoms with Gasteiger partial charge in [-0.05, 0) is 42.0 Å². The van der Waals surface area contributed by atoms with Crippen LogP contribution < -0.4 is 0 Å². The van der Waals surface area contributed by atoms with Crippen LogP contribution in [-0.2, 0) is 32.9 Å². The predicted octanol–water partition coefficient (Wildman–Crippen LogP) is 2.44. The molecule has 5 rings (SSSR count). The number of rotatable bonds is 8. The largest absolute Gasteiger partial charge is 0.391 e. The van der Waals surface area contributed by atoms with Crippen LogP contribution in [0.3, 0.4) is 0 Å². The Morgan fingerprint density at radius 1 is 1.11 bits per heavy atom. The minimum Gasteiger partial charge on any atom is -0.391 e. The first kappa shape index (κ1) is 26.5. The van der Waals surface area contributed by atoms with Gasteiger partial charge < -0.3 is 24.7 Å². The number of carbonyl (C=O) groups excluding carboxylic acids is 3. The zero-order valence-corrected chi connectivity index (χ0v) is 22.2. The number of hydrogen-bond acceptors (Lipinski definition) is 6. The van der Waals surface area contributed by atoms with Crippen LogP contribution in [0.4, 0.5) is 0 Å². The molecule has 3 atom stereocenters. The number of β-amino-alcohol motifs (C(OH)–C–C–N with tert-alkyl or cyclic N) is 1. The number of amides is 2. The van der Waals surface area contributed by atoms with Crippen LogP contribution in [0.1, 0.15) is 60.7 Å². The number of aliphatic hydroxyl groups excluding tert-OH is 1. The molecular formula is C30H36N2O6. The highest BCUT2D eigenvalue weighted by atomic mass is 16.5. The number of ether oxygens (including phenoxy) is 1. The topological polar surface area (TPSA) is 107 Å². The van der Waals surface area contributed by atoms with Crippen LogP contribution in [0.15, 0.2) is 48.5 Å². The van der Waals surface area contributed by atoms with Gasteiger partial charge in [-0.25, -0.2) is 0 Å². The highest BCUT2D eigenvalue weighted by molar-refractivity contribution is 6.02. The SMILES string of the molecule is CC(C)[C@@H](C(=O)N1C[C@H](O)C[C@@]1(C)C(=O)CCc1ccc(C2(O)COC2)cc1)N1Cc2ccccc2C1=O. The Hall–Kier alpha value is -3.07. The maximum Gasteiger partial charge on any atom is 0.255 e. The van der Waals surface area contributed by atoms with Gasteiger partial charge in [-0.15, -0.1) is 0 Å². The predicted molar refractivity (Wildman–Crippen MR) is 140 cm³/mol. The summed E-state index contributed by atoms with van der Waals surface area (Å²) in [6.07, 6.45) is 0.0507. The van der Waals surface area contributed by atoms with Crippen LogP contribution in [0, 0.1) is 5.92 Å². The smallest absolute Gasteiger partial charge is 0.255 e. The van der Waals surface area contributed by atoms with Gasteiger partial charge in [-0.1, -0.05) is 56.3 Å². The first-order valence-electron chi connectivity index (χ1n) is 13.3. The second-order valence-electron chi connectivity index (χ2n) is 11.5. The molecule has 3 heterocycles. The van der Waals surface area contributed by atoms with Gasteiger partial charge in [0.25, 0.3) is 5.91 Å². The van der Waals surface area contributed by atoms with Gasteiger partial charge >= 0.3 is 0 Å². The summed E-state index contributed by atoms with van der Waals surface area (Å²) in [5.74, 6) is -0.765. The molecule has 0 aliphatic carbocycles. The number of fused-ring (bicyclic) bond motifs is 1. The molecule has 202 valence electrons. The van der Waals surface area contributed by atoms with Crippen LogP contribution >= 0.6 is 0 Å². The first-order valence-corrected chi connectivity index (χ1v) is 13.3. The van der Waals surface area contributed by atoms with Crippen molar-refractivity contribution >= 4 is 17.6 Å². The van der Waals surface area contributed by atoms with E-state index in [1.807, 2.05) is 56.3 Å². The minimum absolute atomic E-state index is 0.0641. The molecular weight excluding hydrogens is 484 g/mol. The van der Waals surface area contributed by atoms with E-state index < -0.39 is 23.3 Å². The van der Waals surface area contributed by atoms with E-state index >= 15 is 0 Å². The Labute approximate surface area is 223 Å². The molecule has 0 aromatic heterocycles. The van der Waals surface area contributed by atoms with Crippen molar-refractivity contribution in [2.75, 3.05) is 19.8 Å². The van der Waals surface area contributed by atoms with Gasteiger partial charge in [0.2, 0.25) is 5.91 Å². The molecule has 0 bridgehead atoms. The average Bonchev–Trinajstić information content (AvgIpc) is 3.37. The summed E-state index contributed by atoms with van der Waals surface area (Å²) in [4.78, 5) is 43.9. The van der Waals surface area contributed by atoms with Crippen LogP contribution in [0.2, 0.25) is 0 Å². The maximum absolute atomic E-state index is 14.0. The lowest BCUT2D eigenvalue weighted by atomic mass is 9.87. The molecule has 0 radical (unpaired) electrons. The molecule has 8 heteroatoms. The Morgan fingerprint density at radius 2 is 1.79 bits per heavy atom. The molecule has 3 aliphatic heterocycles. The molecule has 2 saturated heterocycles. The van der Waals surface area contributed by atoms with Crippen molar-refractivity contribution in [2.45, 2.75) is 69.9 Å². The number of aliphatic hydroxyl groups is 2. The van der Waals surface area contributed by atoms with E-state index in [4.69, 9.17) is 4.74 Å². The lowest BCUT2D eigenvalue weighted by Crippen LogP contribution is -2.58. The van der Waals surface area contributed by atoms with Gasteiger partial charge in [-0.2, -0.15) is 0 Å². The average molecular weight is 521 g/mol. The minimum atomic E-state index is -1.16. The van der Waals surface area contributed by atoms with Crippen molar-refractivity contribution < 1.29 is 29.3 Å². The van der Waals surface area contributed by atoms with E-state index in [0.29, 0.717) is 18.5 Å². The molecule has 2 aromatic carbocycles. The molecule has 2 aromatic rings. The fourth-order valence-electron chi connectivity index (χ4n) is 6.05. The lowest BCUT2D eigenvalue weighted by molar-refractivity contribution is -0.184. The van der Waals surface area contributed by atoms with Crippen molar-refractivity contribution in [1.82, 2.24) is 9.80 Å². The second kappa shape index (κ2) is 9.91. The number of aryl methyl sites for hydroxylation is 1. The summed E-state index contributed by atoms with van der Waals surface area (Å²) in [6, 6.07) is 14.2. The number of benzene rings is 2. The number of hydrogen-bond donors (Lipinski definition) is 2. The van der Waals surface area contributed by atoms with Crippen molar-refractivity contribution in [3.63, 3.8) is 0 Å². The Balaban J connectivity index is 1.31. The van der Waals surface area contributed by atoms with Gasteiger partial charge in [0.15, 0.2) is 5.78 Å². The zero-order valence-electron chi connectivity index (χ0n) is 22.2. The summed E-state index contributed by atoms with van der Waals surface area (Å²) >= 11 is 0. The highest BCUT2D eigenvalue weighted by Gasteiger charge is 2.52. The molecule has 0 spiro atoms. The third-order valence-electron chi connectivity index (χ3n) is 8.37. The molecule has 38 heavy (non-hydrogen) atoms. The van der Waals surface area contributed by atoms with E-state index in [0.717, 1.165) is 16.7 Å². The Kier molecular flexibility index (Phi) is 6.92. The number of carbonyl (C=O) groups is 3. The van der Waals surface area contributed by atoms with Crippen molar-refractivity contribution in [2.24, 2.45) is 5.92 Å². The van der Waals surface area contributed by atoms with Crippen molar-refractivity contribution in [1.29, 1.82) is 0 Å². The van der Waals surface area contributed by atoms with Crippen molar-refractivity contribution in [3.05, 3.63) is 70.8 Å². The molecule has 2 amide bonds. The summed E-state index contributed by atoms with van der Waals surface area (Å²) in [6.45, 7) is 6.51. The van der Waals surface area contributed by atoms with Crippen LogP contribution in [0.5, 0.6) is 0 Å². The van der Waals surface area contributed by atoms with Gasteiger partial charge in [0.05, 0.1) is 19.3 Å². The number of nitrogens with zero attached hydrogens (tertiary/aromatic N) is 2. The molecule has 2 N–H and O–H groups in total. The van der Waals surface area contributed by atoms with E-state index in [1.165, 1.54) is 4.90 Å². The second-order valence-corrected chi connectivity index (χ2v) is 11.5. The lowest BCUT2D eigenvalue weighted by Gasteiger charge is -2.39. The van der Waals surface area contributed by atoms with Gasteiger partial charge in [0, 0.05) is 31.5 Å². The van der Waals surface area contributed by atoms with Crippen LogP contribution in [0.25, 0.3) is 0 Å². The van der Waals surface area contributed by atoms with Crippen LogP contribution in [-0.4, -0.2) is 75.1 Å². The standard InChI is InChI=1S/C30H36N2O6/c1-19(2)26(31-15-21-6-4-5-7-24(21)27(31)35)28(36)32-16-23(33)14-29(32,3)25(34)13-10-20-8-11-22(12-9-20)30(37)17-38-18-30/h4-9,11-12,19,23,26,33,37H,10,13-18H2,1-3H3/t23-,26+,29+/m1/s1. The van der Waals surface area contributed by atoms with E-state index in [1.54, 1.807) is 17.9 Å². The fraction of sp³-hybridized carbons (Fsp3) is 0.500. The van der Waals surface area contributed by atoms with E-state index in [-0.39, 0.29) is 56.1 Å². The molecule has 2 fully saturated rings.